The average Bonchev–Trinajstić information content (AvgIpc) is 2.18. The Balaban J connectivity index is 2.84. The average molecular weight is 168 g/mol. The summed E-state index contributed by atoms with van der Waals surface area (Å²) in [5.41, 5.74) is 2.50. The Bertz CT molecular complexity index is 495. The first-order valence-corrected chi connectivity index (χ1v) is 4.08. The van der Waals surface area contributed by atoms with E-state index in [0.29, 0.717) is 5.69 Å². The molecule has 62 valence electrons. The minimum atomic E-state index is 0.474. The zero-order chi connectivity index (χ0) is 9.26. The molecule has 0 saturated heterocycles. The van der Waals surface area contributed by atoms with Crippen LogP contribution in [0.1, 0.15) is 11.3 Å². The fourth-order valence-corrected chi connectivity index (χ4v) is 1.36. The van der Waals surface area contributed by atoms with Crippen molar-refractivity contribution in [1.29, 1.82) is 5.26 Å². The molecule has 0 N–H and O–H groups in total. The summed E-state index contributed by atoms with van der Waals surface area (Å²) in [6.45, 7) is 2.00. The maximum atomic E-state index is 8.68. The number of aromatic nitrogens is 1. The molecule has 0 spiro atoms. The molecular weight excluding hydrogens is 160 g/mol. The molecule has 0 saturated carbocycles. The van der Waals surface area contributed by atoms with Gasteiger partial charge in [-0.3, -0.25) is 0 Å². The lowest BCUT2D eigenvalue weighted by atomic mass is 10.1. The molecule has 0 amide bonds. The van der Waals surface area contributed by atoms with Crippen LogP contribution >= 0.6 is 0 Å². The van der Waals surface area contributed by atoms with Crippen molar-refractivity contribution in [2.24, 2.45) is 0 Å². The molecule has 0 aliphatic carbocycles. The Morgan fingerprint density at radius 3 is 2.85 bits per heavy atom. The van der Waals surface area contributed by atoms with E-state index >= 15 is 0 Å². The molecule has 13 heavy (non-hydrogen) atoms. The molecule has 0 aliphatic heterocycles. The molecule has 0 atom stereocenters. The predicted molar refractivity (Wildman–Crippen MR) is 51.2 cm³/mol. The van der Waals surface area contributed by atoms with E-state index in [-0.39, 0.29) is 0 Å². The van der Waals surface area contributed by atoms with Crippen LogP contribution in [0.5, 0.6) is 0 Å². The highest BCUT2D eigenvalue weighted by molar-refractivity contribution is 5.81. The summed E-state index contributed by atoms with van der Waals surface area (Å²) < 4.78 is 0. The number of rotatable bonds is 0. The van der Waals surface area contributed by atoms with E-state index in [9.17, 15) is 0 Å². The van der Waals surface area contributed by atoms with E-state index in [1.165, 1.54) is 0 Å². The number of nitrogens with zero attached hydrogens (tertiary/aromatic N) is 2. The van der Waals surface area contributed by atoms with Gasteiger partial charge in [-0.25, -0.2) is 4.98 Å². The van der Waals surface area contributed by atoms with Crippen molar-refractivity contribution in [3.8, 4) is 6.07 Å². The number of benzene rings is 1. The molecule has 0 radical (unpaired) electrons. The number of nitriles is 1. The zero-order valence-electron chi connectivity index (χ0n) is 7.28. The van der Waals surface area contributed by atoms with Crippen molar-refractivity contribution in [3.63, 3.8) is 0 Å². The Hall–Kier alpha value is -1.88. The zero-order valence-corrected chi connectivity index (χ0v) is 7.28. The topological polar surface area (TPSA) is 36.7 Å². The molecule has 2 aromatic rings. The van der Waals surface area contributed by atoms with Gasteiger partial charge in [0.2, 0.25) is 0 Å². The van der Waals surface area contributed by atoms with Crippen LogP contribution in [0.3, 0.4) is 0 Å². The van der Waals surface area contributed by atoms with Gasteiger partial charge >= 0.3 is 0 Å². The first-order chi connectivity index (χ1) is 6.31. The summed E-state index contributed by atoms with van der Waals surface area (Å²) in [5, 5.41) is 9.76. The molecule has 0 unspecified atom stereocenters. The summed E-state index contributed by atoms with van der Waals surface area (Å²) in [6, 6.07) is 11.7. The van der Waals surface area contributed by atoms with Crippen molar-refractivity contribution < 1.29 is 0 Å². The molecular formula is C11H8N2. The van der Waals surface area contributed by atoms with Crippen molar-refractivity contribution in [2.45, 2.75) is 6.92 Å². The smallest absolute Gasteiger partial charge is 0.141 e. The van der Waals surface area contributed by atoms with Gasteiger partial charge in [0.25, 0.3) is 0 Å². The van der Waals surface area contributed by atoms with Crippen LogP contribution < -0.4 is 0 Å². The number of fused-ring (bicyclic) bond motifs is 1. The standard InChI is InChI=1S/C11H8N2/c1-8-3-2-4-9-5-6-10(7-12)13-11(8)9/h2-6H,1H3. The van der Waals surface area contributed by atoms with E-state index in [2.05, 4.69) is 4.98 Å². The largest absolute Gasteiger partial charge is 0.237 e. The van der Waals surface area contributed by atoms with Crippen LogP contribution in [0.15, 0.2) is 30.3 Å². The molecule has 2 heteroatoms. The molecule has 0 bridgehead atoms. The second-order valence-corrected chi connectivity index (χ2v) is 2.95. The van der Waals surface area contributed by atoms with Crippen molar-refractivity contribution in [1.82, 2.24) is 4.98 Å². The maximum Gasteiger partial charge on any atom is 0.141 e. The number of para-hydroxylation sites is 1. The monoisotopic (exact) mass is 168 g/mol. The van der Waals surface area contributed by atoms with E-state index in [1.807, 2.05) is 37.3 Å². The number of pyridine rings is 1. The highest BCUT2D eigenvalue weighted by atomic mass is 14.7. The van der Waals surface area contributed by atoms with Crippen LogP contribution in [-0.2, 0) is 0 Å². The summed E-state index contributed by atoms with van der Waals surface area (Å²) in [4.78, 5) is 4.23. The minimum absolute atomic E-state index is 0.474. The van der Waals surface area contributed by atoms with Crippen LogP contribution in [0.25, 0.3) is 10.9 Å². The highest BCUT2D eigenvalue weighted by Gasteiger charge is 1.98. The minimum Gasteiger partial charge on any atom is -0.237 e. The highest BCUT2D eigenvalue weighted by Crippen LogP contribution is 2.15. The van der Waals surface area contributed by atoms with Crippen LogP contribution in [0.2, 0.25) is 0 Å². The lowest BCUT2D eigenvalue weighted by molar-refractivity contribution is 1.30. The Labute approximate surface area is 76.5 Å². The van der Waals surface area contributed by atoms with Crippen LogP contribution in [0, 0.1) is 18.3 Å². The molecule has 0 aliphatic rings. The van der Waals surface area contributed by atoms with Crippen LogP contribution in [-0.4, -0.2) is 4.98 Å². The first kappa shape index (κ1) is 7.75. The van der Waals surface area contributed by atoms with Gasteiger partial charge in [0.1, 0.15) is 11.8 Å². The molecule has 2 rings (SSSR count). The fourth-order valence-electron chi connectivity index (χ4n) is 1.36. The van der Waals surface area contributed by atoms with Gasteiger partial charge in [-0.1, -0.05) is 18.2 Å². The molecule has 2 nitrogen and oxygen atoms in total. The summed E-state index contributed by atoms with van der Waals surface area (Å²) in [7, 11) is 0. The predicted octanol–water partition coefficient (Wildman–Crippen LogP) is 2.41. The van der Waals surface area contributed by atoms with Gasteiger partial charge in [0.05, 0.1) is 5.52 Å². The SMILES string of the molecule is Cc1cccc2ccc(C#N)nc12. The van der Waals surface area contributed by atoms with Gasteiger partial charge in [0.15, 0.2) is 0 Å². The van der Waals surface area contributed by atoms with Gasteiger partial charge in [-0.05, 0) is 24.6 Å². The second kappa shape index (κ2) is 2.87. The van der Waals surface area contributed by atoms with Crippen LogP contribution in [0.4, 0.5) is 0 Å². The van der Waals surface area contributed by atoms with Crippen molar-refractivity contribution >= 4 is 10.9 Å². The number of aryl methyl sites for hydroxylation is 1. The molecule has 1 aromatic carbocycles. The lowest BCUT2D eigenvalue weighted by Gasteiger charge is -1.99. The van der Waals surface area contributed by atoms with Gasteiger partial charge in [-0.2, -0.15) is 5.26 Å². The first-order valence-electron chi connectivity index (χ1n) is 4.08. The number of hydrogen-bond donors (Lipinski definition) is 0. The third-order valence-corrected chi connectivity index (χ3v) is 2.04. The van der Waals surface area contributed by atoms with Gasteiger partial charge < -0.3 is 0 Å². The van der Waals surface area contributed by atoms with E-state index in [4.69, 9.17) is 5.26 Å². The van der Waals surface area contributed by atoms with Gasteiger partial charge in [0, 0.05) is 5.39 Å². The third kappa shape index (κ3) is 1.25. The van der Waals surface area contributed by atoms with Crippen molar-refractivity contribution in [3.05, 3.63) is 41.6 Å². The Morgan fingerprint density at radius 2 is 2.08 bits per heavy atom. The molecule has 0 fully saturated rings. The van der Waals surface area contributed by atoms with E-state index < -0.39 is 0 Å². The van der Waals surface area contributed by atoms with E-state index in [0.717, 1.165) is 16.5 Å². The number of hydrogen-bond acceptors (Lipinski definition) is 2. The normalized spacial score (nSPS) is 9.85. The Morgan fingerprint density at radius 1 is 1.23 bits per heavy atom. The summed E-state index contributed by atoms with van der Waals surface area (Å²) in [6.07, 6.45) is 0. The van der Waals surface area contributed by atoms with E-state index in [1.54, 1.807) is 6.07 Å². The summed E-state index contributed by atoms with van der Waals surface area (Å²) >= 11 is 0. The fraction of sp³-hybridized carbons (Fsp3) is 0.0909. The van der Waals surface area contributed by atoms with Gasteiger partial charge in [-0.15, -0.1) is 0 Å². The van der Waals surface area contributed by atoms with Crippen molar-refractivity contribution in [2.75, 3.05) is 0 Å². The third-order valence-electron chi connectivity index (χ3n) is 2.04. The Kier molecular flexibility index (Phi) is 1.71. The lowest BCUT2D eigenvalue weighted by Crippen LogP contribution is -1.86. The quantitative estimate of drug-likeness (QED) is 0.605. The maximum absolute atomic E-state index is 8.68. The molecule has 1 aromatic heterocycles. The molecule has 1 heterocycles. The second-order valence-electron chi connectivity index (χ2n) is 2.95. The summed E-state index contributed by atoms with van der Waals surface area (Å²) in [5.74, 6) is 0.